The average molecular weight is 471 g/mol. The van der Waals surface area contributed by atoms with Gasteiger partial charge in [0, 0.05) is 47.9 Å². The first-order valence-corrected chi connectivity index (χ1v) is 12.1. The van der Waals surface area contributed by atoms with Crippen LogP contribution in [0.4, 0.5) is 0 Å². The summed E-state index contributed by atoms with van der Waals surface area (Å²) >= 11 is 0. The van der Waals surface area contributed by atoms with Crippen LogP contribution in [0, 0.1) is 5.92 Å². The van der Waals surface area contributed by atoms with Crippen molar-refractivity contribution in [3.8, 4) is 0 Å². The zero-order chi connectivity index (χ0) is 24.2. The highest BCUT2D eigenvalue weighted by Crippen LogP contribution is 2.42. The van der Waals surface area contributed by atoms with Crippen LogP contribution >= 0.6 is 0 Å². The minimum atomic E-state index is -0.933. The van der Waals surface area contributed by atoms with Gasteiger partial charge in [0.15, 0.2) is 0 Å². The fourth-order valence-electron chi connectivity index (χ4n) is 5.50. The molecule has 2 aromatic rings. The van der Waals surface area contributed by atoms with Gasteiger partial charge in [0.1, 0.15) is 17.9 Å². The van der Waals surface area contributed by atoms with E-state index in [4.69, 9.17) is 21.3 Å². The summed E-state index contributed by atoms with van der Waals surface area (Å²) in [5.41, 5.74) is 12.0. The van der Waals surface area contributed by atoms with Crippen molar-refractivity contribution in [3.63, 3.8) is 0 Å². The quantitative estimate of drug-likeness (QED) is 0.354. The standard InChI is InChI=1S/C19H20N2O3.C6H14N2O2/c22-18-10-21-12-5-11(18)6-13(21)8-14(7-12)24-19(23)16-9-20-17-4-2-1-3-15(16)17;7-4-2-1-3-5(8)6(9)10/h1-4,9,11-14,20H,5-8,10H2;5H,1-4,7-8H2,(H,9,10)/t11?,12-,13+,14?;. The lowest BCUT2D eigenvalue weighted by molar-refractivity contribution is -0.145. The molecule has 0 saturated carbocycles. The number of carbonyl (C=O) groups is 3. The number of piperidine rings is 4. The topological polar surface area (TPSA) is 152 Å². The number of ether oxygens (including phenoxy) is 1. The van der Waals surface area contributed by atoms with Gasteiger partial charge >= 0.3 is 11.9 Å². The van der Waals surface area contributed by atoms with E-state index in [1.54, 1.807) is 6.20 Å². The van der Waals surface area contributed by atoms with Gasteiger partial charge in [-0.25, -0.2) is 4.79 Å². The second-order valence-corrected chi connectivity index (χ2v) is 9.59. The maximum absolute atomic E-state index is 12.6. The maximum Gasteiger partial charge on any atom is 0.340 e. The van der Waals surface area contributed by atoms with Gasteiger partial charge in [-0.2, -0.15) is 0 Å². The Morgan fingerprint density at radius 1 is 1.15 bits per heavy atom. The van der Waals surface area contributed by atoms with Gasteiger partial charge in [0.05, 0.1) is 12.1 Å². The Hall–Kier alpha value is -2.75. The van der Waals surface area contributed by atoms with Crippen LogP contribution in [-0.2, 0) is 14.3 Å². The van der Waals surface area contributed by atoms with Crippen molar-refractivity contribution in [1.82, 2.24) is 9.88 Å². The van der Waals surface area contributed by atoms with E-state index in [9.17, 15) is 14.4 Å². The van der Waals surface area contributed by atoms with Crippen LogP contribution < -0.4 is 11.5 Å². The molecule has 4 saturated heterocycles. The Kier molecular flexibility index (Phi) is 7.65. The van der Waals surface area contributed by atoms with E-state index < -0.39 is 12.0 Å². The molecule has 1 aromatic heterocycles. The molecule has 0 radical (unpaired) electrons. The van der Waals surface area contributed by atoms with Gasteiger partial charge in [-0.05, 0) is 38.3 Å². The van der Waals surface area contributed by atoms with Crippen molar-refractivity contribution < 1.29 is 24.2 Å². The van der Waals surface area contributed by atoms with Gasteiger partial charge in [0.25, 0.3) is 0 Å². The Morgan fingerprint density at radius 2 is 1.85 bits per heavy atom. The van der Waals surface area contributed by atoms with Gasteiger partial charge in [-0.15, -0.1) is 0 Å². The third-order valence-corrected chi connectivity index (χ3v) is 7.28. The molecule has 184 valence electrons. The average Bonchev–Trinajstić information content (AvgIpc) is 3.24. The predicted molar refractivity (Wildman–Crippen MR) is 127 cm³/mol. The predicted octanol–water partition coefficient (Wildman–Crippen LogP) is 2.05. The van der Waals surface area contributed by atoms with Crippen molar-refractivity contribution in [1.29, 1.82) is 0 Å². The number of hydrogen-bond donors (Lipinski definition) is 4. The molecule has 4 unspecified atom stereocenters. The number of rotatable bonds is 7. The zero-order valence-electron chi connectivity index (χ0n) is 19.3. The number of ketones is 1. The number of carbonyl (C=O) groups excluding carboxylic acids is 2. The van der Waals surface area contributed by atoms with Crippen LogP contribution in [0.3, 0.4) is 0 Å². The molecule has 9 heteroatoms. The van der Waals surface area contributed by atoms with Gasteiger partial charge in [-0.1, -0.05) is 24.6 Å². The number of aliphatic carboxylic acids is 1. The second-order valence-electron chi connectivity index (χ2n) is 9.59. The summed E-state index contributed by atoms with van der Waals surface area (Å²) in [5, 5.41) is 9.23. The second kappa shape index (κ2) is 10.7. The van der Waals surface area contributed by atoms with Crippen molar-refractivity contribution in [3.05, 3.63) is 36.0 Å². The first-order valence-electron chi connectivity index (χ1n) is 12.1. The number of benzene rings is 1. The van der Waals surface area contributed by atoms with Gasteiger partial charge in [-0.3, -0.25) is 14.5 Å². The van der Waals surface area contributed by atoms with Crippen LogP contribution in [0.25, 0.3) is 10.9 Å². The third-order valence-electron chi connectivity index (χ3n) is 7.28. The molecule has 6 rings (SSSR count). The minimum Gasteiger partial charge on any atom is -0.480 e. The molecular weight excluding hydrogens is 436 g/mol. The Labute approximate surface area is 198 Å². The fraction of sp³-hybridized carbons (Fsp3) is 0.560. The summed E-state index contributed by atoms with van der Waals surface area (Å²) < 4.78 is 5.84. The SMILES string of the molecule is NCCCCC(N)C(=O)O.O=C(OC1C[C@@H]2CC3C[C@H](C1)N2CC3=O)c1c[nH]c2ccccc12. The summed E-state index contributed by atoms with van der Waals surface area (Å²) in [7, 11) is 0. The molecule has 4 fully saturated rings. The maximum atomic E-state index is 12.6. The van der Waals surface area contributed by atoms with Crippen LogP contribution in [0.15, 0.2) is 30.5 Å². The number of para-hydroxylation sites is 1. The van der Waals surface area contributed by atoms with Crippen LogP contribution in [0.1, 0.15) is 55.3 Å². The van der Waals surface area contributed by atoms with Crippen LogP contribution in [0.5, 0.6) is 0 Å². The number of nitrogens with two attached hydrogens (primary N) is 2. The normalized spacial score (nSPS) is 28.2. The monoisotopic (exact) mass is 470 g/mol. The highest BCUT2D eigenvalue weighted by molar-refractivity contribution is 6.04. The molecule has 0 amide bonds. The van der Waals surface area contributed by atoms with Crippen molar-refractivity contribution in [2.24, 2.45) is 17.4 Å². The van der Waals surface area contributed by atoms with Crippen molar-refractivity contribution in [2.45, 2.75) is 69.2 Å². The largest absolute Gasteiger partial charge is 0.480 e. The Bertz CT molecular complexity index is 1020. The minimum absolute atomic E-state index is 0.0356. The summed E-state index contributed by atoms with van der Waals surface area (Å²) in [6.45, 7) is 1.20. The summed E-state index contributed by atoms with van der Waals surface area (Å²) in [4.78, 5) is 40.1. The summed E-state index contributed by atoms with van der Waals surface area (Å²) in [6.07, 6.45) is 7.46. The highest BCUT2D eigenvalue weighted by atomic mass is 16.5. The number of esters is 1. The smallest absolute Gasteiger partial charge is 0.340 e. The number of hydrogen-bond acceptors (Lipinski definition) is 7. The van der Waals surface area contributed by atoms with Crippen molar-refractivity contribution >= 4 is 28.6 Å². The summed E-state index contributed by atoms with van der Waals surface area (Å²) in [5.74, 6) is -0.530. The van der Waals surface area contributed by atoms with Gasteiger partial charge < -0.3 is 26.3 Å². The number of unbranched alkanes of at least 4 members (excludes halogenated alkanes) is 1. The number of fused-ring (bicyclic) bond motifs is 2. The number of carboxylic acids is 1. The zero-order valence-corrected chi connectivity index (χ0v) is 19.3. The molecule has 34 heavy (non-hydrogen) atoms. The fourth-order valence-corrected chi connectivity index (χ4v) is 5.50. The van der Waals surface area contributed by atoms with Crippen LogP contribution in [-0.4, -0.2) is 70.0 Å². The first-order chi connectivity index (χ1) is 16.4. The van der Waals surface area contributed by atoms with Crippen molar-refractivity contribution in [2.75, 3.05) is 13.1 Å². The lowest BCUT2D eigenvalue weighted by Crippen LogP contribution is -2.63. The molecule has 4 bridgehead atoms. The van der Waals surface area contributed by atoms with E-state index in [0.29, 0.717) is 42.9 Å². The molecule has 0 aliphatic carbocycles. The van der Waals surface area contributed by atoms with E-state index in [2.05, 4.69) is 9.88 Å². The highest BCUT2D eigenvalue weighted by Gasteiger charge is 2.49. The Balaban J connectivity index is 0.000000235. The molecule has 5 heterocycles. The molecule has 1 aromatic carbocycles. The third kappa shape index (κ3) is 5.32. The van der Waals surface area contributed by atoms with E-state index in [-0.39, 0.29) is 18.0 Å². The molecule has 4 aliphatic rings. The lowest BCUT2D eigenvalue weighted by atomic mass is 9.72. The molecule has 6 atom stereocenters. The van der Waals surface area contributed by atoms with E-state index in [0.717, 1.165) is 49.4 Å². The van der Waals surface area contributed by atoms with E-state index >= 15 is 0 Å². The molecule has 9 nitrogen and oxygen atoms in total. The molecular formula is C25H34N4O5. The molecule has 0 spiro atoms. The number of carboxylic acid groups (broad SMARTS) is 1. The number of nitrogens with zero attached hydrogens (tertiary/aromatic N) is 1. The number of nitrogens with one attached hydrogen (secondary N) is 1. The number of Topliss-reactive ketones (excluding diaryl/α,β-unsaturated/α-hetero) is 1. The Morgan fingerprint density at radius 3 is 2.50 bits per heavy atom. The van der Waals surface area contributed by atoms with E-state index in [1.165, 1.54) is 0 Å². The molecule has 6 N–H and O–H groups in total. The van der Waals surface area contributed by atoms with Crippen LogP contribution in [0.2, 0.25) is 0 Å². The number of aromatic amines is 1. The first kappa shape index (κ1) is 24.4. The van der Waals surface area contributed by atoms with E-state index in [1.807, 2.05) is 24.3 Å². The lowest BCUT2D eigenvalue weighted by Gasteiger charge is -2.54. The number of aromatic nitrogens is 1. The number of H-pyrrole nitrogens is 1. The van der Waals surface area contributed by atoms with Gasteiger partial charge in [0.2, 0.25) is 0 Å². The summed E-state index contributed by atoms with van der Waals surface area (Å²) in [6, 6.07) is 7.86. The molecule has 4 aliphatic heterocycles.